The fraction of sp³-hybridized carbons (Fsp3) is 0.130. The van der Waals surface area contributed by atoms with Gasteiger partial charge in [-0.3, -0.25) is 9.59 Å². The Labute approximate surface area is 162 Å². The van der Waals surface area contributed by atoms with Crippen molar-refractivity contribution in [1.82, 2.24) is 9.88 Å². The maximum Gasteiger partial charge on any atom is 0.240 e. The first-order valence-electron chi connectivity index (χ1n) is 9.07. The van der Waals surface area contributed by atoms with Gasteiger partial charge in [0.15, 0.2) is 5.43 Å². The van der Waals surface area contributed by atoms with Gasteiger partial charge in [-0.1, -0.05) is 36.4 Å². The molecule has 140 valence electrons. The molecule has 1 aromatic heterocycles. The Kier molecular flexibility index (Phi) is 4.81. The Morgan fingerprint density at radius 3 is 2.21 bits per heavy atom. The van der Waals surface area contributed by atoms with Crippen LogP contribution in [0.25, 0.3) is 21.8 Å². The van der Waals surface area contributed by atoms with Crippen LogP contribution in [0.4, 0.5) is 0 Å². The summed E-state index contributed by atoms with van der Waals surface area (Å²) in [5.74, 6) is 0.630. The first-order valence-corrected chi connectivity index (χ1v) is 9.07. The predicted octanol–water partition coefficient (Wildman–Crippen LogP) is 3.48. The number of ether oxygens (including phenoxy) is 1. The van der Waals surface area contributed by atoms with Gasteiger partial charge in [0.1, 0.15) is 12.3 Å². The summed E-state index contributed by atoms with van der Waals surface area (Å²) in [5.41, 5.74) is 2.45. The van der Waals surface area contributed by atoms with Gasteiger partial charge in [0.05, 0.1) is 18.1 Å². The highest BCUT2D eigenvalue weighted by Crippen LogP contribution is 2.19. The van der Waals surface area contributed by atoms with Gasteiger partial charge in [-0.05, 0) is 42.0 Å². The third kappa shape index (κ3) is 3.34. The number of carbonyl (C=O) groups is 1. The van der Waals surface area contributed by atoms with Gasteiger partial charge in [-0.15, -0.1) is 0 Å². The van der Waals surface area contributed by atoms with E-state index in [4.69, 9.17) is 4.74 Å². The fourth-order valence-electron chi connectivity index (χ4n) is 3.43. The molecule has 1 heterocycles. The molecular weight excluding hydrogens is 352 g/mol. The molecule has 0 fully saturated rings. The van der Waals surface area contributed by atoms with E-state index in [1.807, 2.05) is 65.2 Å². The molecule has 0 atom stereocenters. The minimum absolute atomic E-state index is 0.0146. The Balaban J connectivity index is 1.65. The second kappa shape index (κ2) is 7.56. The van der Waals surface area contributed by atoms with Gasteiger partial charge in [-0.2, -0.15) is 0 Å². The van der Waals surface area contributed by atoms with Gasteiger partial charge in [-0.25, -0.2) is 0 Å². The van der Waals surface area contributed by atoms with Crippen LogP contribution in [-0.2, 0) is 17.9 Å². The van der Waals surface area contributed by atoms with Crippen molar-refractivity contribution in [3.63, 3.8) is 0 Å². The zero-order valence-electron chi connectivity index (χ0n) is 15.5. The van der Waals surface area contributed by atoms with E-state index in [2.05, 4.69) is 5.32 Å². The van der Waals surface area contributed by atoms with Crippen molar-refractivity contribution in [2.75, 3.05) is 7.11 Å². The number of nitrogens with one attached hydrogen (secondary N) is 1. The second-order valence-corrected chi connectivity index (χ2v) is 6.58. The molecule has 4 aromatic rings. The zero-order chi connectivity index (χ0) is 19.5. The normalized spacial score (nSPS) is 10.9. The number of pyridine rings is 1. The van der Waals surface area contributed by atoms with Crippen LogP contribution in [0.3, 0.4) is 0 Å². The number of methoxy groups -OCH3 is 1. The number of benzene rings is 3. The van der Waals surface area contributed by atoms with Crippen LogP contribution in [0.15, 0.2) is 77.6 Å². The highest BCUT2D eigenvalue weighted by molar-refractivity contribution is 5.94. The van der Waals surface area contributed by atoms with Crippen molar-refractivity contribution in [3.05, 3.63) is 88.6 Å². The molecule has 0 unspecified atom stereocenters. The van der Waals surface area contributed by atoms with E-state index in [0.717, 1.165) is 22.3 Å². The van der Waals surface area contributed by atoms with E-state index in [1.54, 1.807) is 19.2 Å². The molecule has 0 spiro atoms. The summed E-state index contributed by atoms with van der Waals surface area (Å²) < 4.78 is 7.11. The summed E-state index contributed by atoms with van der Waals surface area (Å²) in [6, 6.07) is 22.4. The van der Waals surface area contributed by atoms with E-state index in [0.29, 0.717) is 17.3 Å². The van der Waals surface area contributed by atoms with Crippen molar-refractivity contribution in [3.8, 4) is 5.75 Å². The van der Waals surface area contributed by atoms with Crippen LogP contribution in [-0.4, -0.2) is 17.6 Å². The third-order valence-electron chi connectivity index (χ3n) is 4.80. The smallest absolute Gasteiger partial charge is 0.240 e. The third-order valence-corrected chi connectivity index (χ3v) is 4.80. The number of rotatable bonds is 5. The van der Waals surface area contributed by atoms with Crippen molar-refractivity contribution < 1.29 is 9.53 Å². The summed E-state index contributed by atoms with van der Waals surface area (Å²) in [5, 5.41) is 4.17. The molecule has 0 aliphatic carbocycles. The van der Waals surface area contributed by atoms with E-state index < -0.39 is 0 Å². The maximum absolute atomic E-state index is 12.8. The zero-order valence-corrected chi connectivity index (χ0v) is 15.5. The van der Waals surface area contributed by atoms with Crippen molar-refractivity contribution in [1.29, 1.82) is 0 Å². The number of hydrogen-bond acceptors (Lipinski definition) is 3. The summed E-state index contributed by atoms with van der Waals surface area (Å²) >= 11 is 0. The van der Waals surface area contributed by atoms with E-state index >= 15 is 0 Å². The number of fused-ring (bicyclic) bond motifs is 2. The molecule has 4 rings (SSSR count). The second-order valence-electron chi connectivity index (χ2n) is 6.58. The molecule has 0 radical (unpaired) electrons. The quantitative estimate of drug-likeness (QED) is 0.546. The monoisotopic (exact) mass is 372 g/mol. The van der Waals surface area contributed by atoms with Crippen molar-refractivity contribution in [2.45, 2.75) is 13.1 Å². The van der Waals surface area contributed by atoms with Gasteiger partial charge in [0.25, 0.3) is 0 Å². The Hall–Kier alpha value is -3.60. The summed E-state index contributed by atoms with van der Waals surface area (Å²) in [4.78, 5) is 25.4. The van der Waals surface area contributed by atoms with Crippen molar-refractivity contribution in [2.24, 2.45) is 0 Å². The van der Waals surface area contributed by atoms with Gasteiger partial charge < -0.3 is 14.6 Å². The van der Waals surface area contributed by atoms with Crippen LogP contribution in [0.2, 0.25) is 0 Å². The van der Waals surface area contributed by atoms with E-state index in [9.17, 15) is 9.59 Å². The predicted molar refractivity (Wildman–Crippen MR) is 111 cm³/mol. The molecule has 28 heavy (non-hydrogen) atoms. The van der Waals surface area contributed by atoms with Crippen LogP contribution >= 0.6 is 0 Å². The van der Waals surface area contributed by atoms with E-state index in [1.165, 1.54) is 0 Å². The number of nitrogens with zero attached hydrogens (tertiary/aromatic N) is 1. The van der Waals surface area contributed by atoms with Gasteiger partial charge in [0, 0.05) is 17.3 Å². The maximum atomic E-state index is 12.8. The topological polar surface area (TPSA) is 60.3 Å². The fourth-order valence-corrected chi connectivity index (χ4v) is 3.43. The molecular formula is C23H20N2O3. The SMILES string of the molecule is COc1cccc(CNC(=O)Cn2c3ccccc3c(=O)c3ccccc32)c1. The highest BCUT2D eigenvalue weighted by Gasteiger charge is 2.12. The minimum Gasteiger partial charge on any atom is -0.497 e. The largest absolute Gasteiger partial charge is 0.497 e. The molecule has 0 aliphatic heterocycles. The number of hydrogen-bond donors (Lipinski definition) is 1. The van der Waals surface area contributed by atoms with E-state index in [-0.39, 0.29) is 17.9 Å². The lowest BCUT2D eigenvalue weighted by atomic mass is 10.1. The average molecular weight is 372 g/mol. The number of para-hydroxylation sites is 2. The van der Waals surface area contributed by atoms with Gasteiger partial charge in [0.2, 0.25) is 5.91 Å². The van der Waals surface area contributed by atoms with Gasteiger partial charge >= 0.3 is 0 Å². The molecule has 0 aliphatic rings. The lowest BCUT2D eigenvalue weighted by Gasteiger charge is -2.15. The molecule has 1 N–H and O–H groups in total. The van der Waals surface area contributed by atoms with Crippen molar-refractivity contribution >= 4 is 27.7 Å². The Morgan fingerprint density at radius 1 is 0.929 bits per heavy atom. The van der Waals surface area contributed by atoms with Crippen LogP contribution in [0, 0.1) is 0 Å². The van der Waals surface area contributed by atoms with Crippen LogP contribution in [0.5, 0.6) is 5.75 Å². The lowest BCUT2D eigenvalue weighted by Crippen LogP contribution is -2.28. The summed E-state index contributed by atoms with van der Waals surface area (Å²) in [6.07, 6.45) is 0. The molecule has 3 aromatic carbocycles. The number of aromatic nitrogens is 1. The molecule has 5 heteroatoms. The Bertz CT molecular complexity index is 1170. The average Bonchev–Trinajstić information content (AvgIpc) is 2.75. The molecule has 0 saturated carbocycles. The lowest BCUT2D eigenvalue weighted by molar-refractivity contribution is -0.121. The minimum atomic E-state index is -0.123. The molecule has 0 saturated heterocycles. The number of amides is 1. The highest BCUT2D eigenvalue weighted by atomic mass is 16.5. The van der Waals surface area contributed by atoms with Crippen LogP contribution in [0.1, 0.15) is 5.56 Å². The first-order chi connectivity index (χ1) is 13.7. The standard InChI is InChI=1S/C23H20N2O3/c1-28-17-8-6-7-16(13-17)14-24-22(26)15-25-20-11-4-2-9-18(20)23(27)19-10-3-5-12-21(19)25/h2-13H,14-15H2,1H3,(H,24,26). The Morgan fingerprint density at radius 2 is 1.57 bits per heavy atom. The first kappa shape index (κ1) is 17.8. The molecule has 0 bridgehead atoms. The molecule has 1 amide bonds. The summed E-state index contributed by atoms with van der Waals surface area (Å²) in [7, 11) is 1.62. The molecule has 5 nitrogen and oxygen atoms in total. The number of carbonyl (C=O) groups excluding carboxylic acids is 1. The van der Waals surface area contributed by atoms with Crippen LogP contribution < -0.4 is 15.5 Å². The summed E-state index contributed by atoms with van der Waals surface area (Å²) in [6.45, 7) is 0.539.